The van der Waals surface area contributed by atoms with Crippen molar-refractivity contribution in [3.63, 3.8) is 0 Å². The van der Waals surface area contributed by atoms with Crippen molar-refractivity contribution in [3.05, 3.63) is 0 Å². The van der Waals surface area contributed by atoms with Gasteiger partial charge in [-0.3, -0.25) is 9.59 Å². The first-order valence-electron chi connectivity index (χ1n) is 4.14. The van der Waals surface area contributed by atoms with E-state index in [-0.39, 0.29) is 43.0 Å². The lowest BCUT2D eigenvalue weighted by Crippen LogP contribution is -2.35. The topological polar surface area (TPSA) is 110 Å². The number of nitrogens with one attached hydrogen (secondary N) is 2. The van der Waals surface area contributed by atoms with Gasteiger partial charge >= 0.3 is 0 Å². The lowest BCUT2D eigenvalue weighted by atomic mass is 10.3. The first-order valence-corrected chi connectivity index (χ1v) is 4.14. The maximum absolute atomic E-state index is 10.9. The van der Waals surface area contributed by atoms with Gasteiger partial charge in [-0.1, -0.05) is 0 Å². The minimum Gasteiger partial charge on any atom is -0.354 e. The Labute approximate surface area is 101 Å². The van der Waals surface area contributed by atoms with Crippen LogP contribution < -0.4 is 22.1 Å². The van der Waals surface area contributed by atoms with Gasteiger partial charge in [0, 0.05) is 26.2 Å². The predicted octanol–water partition coefficient (Wildman–Crippen LogP) is -1.63. The molecule has 0 aliphatic rings. The zero-order chi connectivity index (χ0) is 10.1. The number of nitrogens with two attached hydrogens (primary N) is 2. The highest BCUT2D eigenvalue weighted by Crippen LogP contribution is 1.78. The van der Waals surface area contributed by atoms with Crippen LogP contribution in [-0.2, 0) is 9.59 Å². The Hall–Kier alpha value is -0.560. The third-order valence-corrected chi connectivity index (χ3v) is 1.25. The Balaban J connectivity index is -0.000000720. The van der Waals surface area contributed by atoms with Crippen LogP contribution in [0.15, 0.2) is 0 Å². The number of hydrogen-bond donors (Lipinski definition) is 4. The van der Waals surface area contributed by atoms with Crippen molar-refractivity contribution < 1.29 is 9.59 Å². The minimum absolute atomic E-state index is 0. The molecule has 92 valence electrons. The molecule has 2 amide bonds. The van der Waals surface area contributed by atoms with Crippen LogP contribution in [0.1, 0.15) is 6.42 Å². The van der Waals surface area contributed by atoms with Gasteiger partial charge in [0.2, 0.25) is 11.8 Å². The Morgan fingerprint density at radius 1 is 0.867 bits per heavy atom. The zero-order valence-electron chi connectivity index (χ0n) is 8.32. The molecule has 0 bridgehead atoms. The molecule has 0 fully saturated rings. The van der Waals surface area contributed by atoms with E-state index >= 15 is 0 Å². The molecule has 0 aliphatic carbocycles. The van der Waals surface area contributed by atoms with Crippen LogP contribution in [0.4, 0.5) is 0 Å². The molecule has 0 heterocycles. The fourth-order valence-corrected chi connectivity index (χ4v) is 0.694. The molecule has 0 aromatic rings. The van der Waals surface area contributed by atoms with Crippen molar-refractivity contribution >= 4 is 36.6 Å². The molecule has 0 spiro atoms. The van der Waals surface area contributed by atoms with Gasteiger partial charge in [-0.15, -0.1) is 24.8 Å². The molecule has 0 saturated carbocycles. The van der Waals surface area contributed by atoms with Crippen molar-refractivity contribution in [3.8, 4) is 0 Å². The second-order valence-corrected chi connectivity index (χ2v) is 2.45. The van der Waals surface area contributed by atoms with Gasteiger partial charge in [-0.05, 0) is 0 Å². The quantitative estimate of drug-likeness (QED) is 0.430. The molecule has 0 atom stereocenters. The van der Waals surface area contributed by atoms with Crippen LogP contribution >= 0.6 is 24.8 Å². The highest BCUT2D eigenvalue weighted by molar-refractivity contribution is 5.96. The van der Waals surface area contributed by atoms with E-state index in [0.29, 0.717) is 26.2 Å². The van der Waals surface area contributed by atoms with Crippen LogP contribution in [0, 0.1) is 0 Å². The third kappa shape index (κ3) is 13.4. The second-order valence-electron chi connectivity index (χ2n) is 2.45. The number of hydrogen-bond acceptors (Lipinski definition) is 4. The van der Waals surface area contributed by atoms with Crippen LogP contribution in [0.2, 0.25) is 0 Å². The van der Waals surface area contributed by atoms with E-state index in [1.165, 1.54) is 0 Å². The van der Waals surface area contributed by atoms with Gasteiger partial charge in [-0.2, -0.15) is 0 Å². The molecule has 8 heteroatoms. The molecular formula is C7H18Cl2N4O2. The Kier molecular flexibility index (Phi) is 17.9. The maximum Gasteiger partial charge on any atom is 0.229 e. The van der Waals surface area contributed by atoms with Gasteiger partial charge in [0.25, 0.3) is 0 Å². The molecule has 0 saturated heterocycles. The van der Waals surface area contributed by atoms with Crippen LogP contribution in [0.25, 0.3) is 0 Å². The highest BCUT2D eigenvalue weighted by Gasteiger charge is 2.06. The number of carbonyl (C=O) groups excluding carboxylic acids is 2. The summed E-state index contributed by atoms with van der Waals surface area (Å²) >= 11 is 0. The Bertz CT molecular complexity index is 162. The molecule has 0 rings (SSSR count). The summed E-state index contributed by atoms with van der Waals surface area (Å²) in [4.78, 5) is 21.8. The molecule has 0 aromatic carbocycles. The Morgan fingerprint density at radius 3 is 1.47 bits per heavy atom. The molecule has 0 radical (unpaired) electrons. The Morgan fingerprint density at radius 2 is 1.20 bits per heavy atom. The van der Waals surface area contributed by atoms with Crippen molar-refractivity contribution in [1.29, 1.82) is 0 Å². The molecule has 0 aromatic heterocycles. The van der Waals surface area contributed by atoms with Crippen molar-refractivity contribution in [2.24, 2.45) is 11.5 Å². The molecule has 0 unspecified atom stereocenters. The zero-order valence-corrected chi connectivity index (χ0v) is 9.96. The number of halogens is 2. The summed E-state index contributed by atoms with van der Waals surface area (Å²) in [5, 5.41) is 4.97. The fourth-order valence-electron chi connectivity index (χ4n) is 0.694. The lowest BCUT2D eigenvalue weighted by Gasteiger charge is -2.03. The van der Waals surface area contributed by atoms with E-state index in [1.807, 2.05) is 0 Å². The van der Waals surface area contributed by atoms with Gasteiger partial charge in [0.15, 0.2) is 0 Å². The first-order chi connectivity index (χ1) is 6.20. The average Bonchev–Trinajstić information content (AvgIpc) is 2.11. The molecule has 15 heavy (non-hydrogen) atoms. The van der Waals surface area contributed by atoms with Gasteiger partial charge < -0.3 is 22.1 Å². The molecule has 6 nitrogen and oxygen atoms in total. The van der Waals surface area contributed by atoms with Crippen LogP contribution in [-0.4, -0.2) is 38.0 Å². The smallest absolute Gasteiger partial charge is 0.229 e. The fraction of sp³-hybridized carbons (Fsp3) is 0.714. The van der Waals surface area contributed by atoms with E-state index in [9.17, 15) is 9.59 Å². The van der Waals surface area contributed by atoms with E-state index in [0.717, 1.165) is 0 Å². The van der Waals surface area contributed by atoms with Crippen molar-refractivity contribution in [2.75, 3.05) is 26.2 Å². The molecule has 6 N–H and O–H groups in total. The predicted molar refractivity (Wildman–Crippen MR) is 63.2 cm³/mol. The average molecular weight is 261 g/mol. The summed E-state index contributed by atoms with van der Waals surface area (Å²) in [7, 11) is 0. The summed E-state index contributed by atoms with van der Waals surface area (Å²) in [6, 6.07) is 0. The van der Waals surface area contributed by atoms with Crippen molar-refractivity contribution in [2.45, 2.75) is 6.42 Å². The molecular weight excluding hydrogens is 243 g/mol. The molecule has 0 aliphatic heterocycles. The monoisotopic (exact) mass is 260 g/mol. The van der Waals surface area contributed by atoms with E-state index in [1.54, 1.807) is 0 Å². The summed E-state index contributed by atoms with van der Waals surface area (Å²) in [5.41, 5.74) is 10.3. The minimum atomic E-state index is -0.319. The van der Waals surface area contributed by atoms with Gasteiger partial charge in [0.05, 0.1) is 0 Å². The number of amides is 2. The first kappa shape index (κ1) is 19.9. The third-order valence-electron chi connectivity index (χ3n) is 1.25. The van der Waals surface area contributed by atoms with E-state index in [4.69, 9.17) is 11.5 Å². The summed E-state index contributed by atoms with van der Waals surface area (Å²) in [6.45, 7) is 1.53. The van der Waals surface area contributed by atoms with Gasteiger partial charge in [-0.25, -0.2) is 0 Å². The largest absolute Gasteiger partial charge is 0.354 e. The van der Waals surface area contributed by atoms with E-state index in [2.05, 4.69) is 10.6 Å². The maximum atomic E-state index is 10.9. The number of carbonyl (C=O) groups is 2. The highest BCUT2D eigenvalue weighted by atomic mass is 35.5. The van der Waals surface area contributed by atoms with E-state index < -0.39 is 0 Å². The standard InChI is InChI=1S/C7H16N4O2.2ClH/c8-1-3-10-6(12)5-7(13)11-4-2-9;;/h1-5,8-9H2,(H,10,12)(H,11,13);2*1H. The second kappa shape index (κ2) is 13.4. The lowest BCUT2D eigenvalue weighted by molar-refractivity contribution is -0.129. The SMILES string of the molecule is Cl.Cl.NCCNC(=O)CC(=O)NCCN. The van der Waals surface area contributed by atoms with Crippen molar-refractivity contribution in [1.82, 2.24) is 10.6 Å². The summed E-state index contributed by atoms with van der Waals surface area (Å²) in [5.74, 6) is -0.639. The summed E-state index contributed by atoms with van der Waals surface area (Å²) < 4.78 is 0. The van der Waals surface area contributed by atoms with Gasteiger partial charge in [0.1, 0.15) is 6.42 Å². The van der Waals surface area contributed by atoms with Crippen LogP contribution in [0.5, 0.6) is 0 Å². The number of rotatable bonds is 6. The normalized spacial score (nSPS) is 8.13. The van der Waals surface area contributed by atoms with Crippen LogP contribution in [0.3, 0.4) is 0 Å². The summed E-state index contributed by atoms with van der Waals surface area (Å²) in [6.07, 6.45) is -0.167.